The van der Waals surface area contributed by atoms with E-state index in [0.29, 0.717) is 142 Å². The number of benzene rings is 4. The van der Waals surface area contributed by atoms with Crippen LogP contribution in [0.3, 0.4) is 0 Å². The smallest absolute Gasteiger partial charge is 0.211 e. The van der Waals surface area contributed by atoms with E-state index >= 15 is 0 Å². The zero-order valence-corrected chi connectivity index (χ0v) is 46.1. The topological polar surface area (TPSA) is 148 Å². The predicted octanol–water partition coefficient (Wildman–Crippen LogP) is 9.67. The van der Waals surface area contributed by atoms with Crippen LogP contribution in [-0.4, -0.2) is 160 Å². The summed E-state index contributed by atoms with van der Waals surface area (Å²) >= 11 is 0. The van der Waals surface area contributed by atoms with Gasteiger partial charge in [-0.15, -0.1) is 0 Å². The summed E-state index contributed by atoms with van der Waals surface area (Å²) in [6, 6.07) is 25.7. The molecule has 5 rings (SSSR count). The molecule has 0 aliphatic heterocycles. The zero-order valence-electron chi connectivity index (χ0n) is 46.1. The van der Waals surface area contributed by atoms with Crippen LogP contribution in [0.1, 0.15) is 87.3 Å². The summed E-state index contributed by atoms with van der Waals surface area (Å²) in [6.45, 7) is 22.3. The van der Waals surface area contributed by atoms with Gasteiger partial charge in [0.2, 0.25) is 11.5 Å². The second kappa shape index (κ2) is 35.1. The predicted molar refractivity (Wildman–Crippen MR) is 287 cm³/mol. The molecule has 0 saturated heterocycles. The van der Waals surface area contributed by atoms with E-state index in [0.717, 1.165) is 58.2 Å². The van der Waals surface area contributed by atoms with Crippen LogP contribution in [0.2, 0.25) is 0 Å². The van der Waals surface area contributed by atoms with Gasteiger partial charge in [-0.2, -0.15) is 9.78 Å². The Morgan fingerprint density at radius 3 is 1.31 bits per heavy atom. The fraction of sp³-hybridized carbons (Fsp3) is 0.593. The molecular formula is C59H86O16. The van der Waals surface area contributed by atoms with E-state index in [1.807, 2.05) is 18.2 Å². The van der Waals surface area contributed by atoms with E-state index in [1.165, 1.54) is 5.56 Å². The minimum Gasteiger partial charge on any atom is -0.487 e. The summed E-state index contributed by atoms with van der Waals surface area (Å²) < 4.78 is 68.9. The van der Waals surface area contributed by atoms with Crippen molar-refractivity contribution in [2.24, 2.45) is 0 Å². The molecule has 0 heterocycles. The van der Waals surface area contributed by atoms with E-state index in [-0.39, 0.29) is 31.8 Å². The maximum atomic E-state index is 6.64. The van der Waals surface area contributed by atoms with Gasteiger partial charge in [-0.05, 0) is 94.8 Å². The molecule has 1 atom stereocenters. The number of methoxy groups -OCH3 is 2. The molecular weight excluding hydrogens is 965 g/mol. The van der Waals surface area contributed by atoms with Crippen molar-refractivity contribution in [2.45, 2.75) is 71.6 Å². The highest BCUT2D eigenvalue weighted by Gasteiger charge is 2.48. The Bertz CT molecular complexity index is 2090. The molecule has 418 valence electrons. The second-order valence-electron chi connectivity index (χ2n) is 18.5. The van der Waals surface area contributed by atoms with Crippen LogP contribution in [0.4, 0.5) is 0 Å². The Morgan fingerprint density at radius 2 is 0.800 bits per heavy atom. The SMILES string of the molecule is CCCOCCOCCOOc1ccc(C2(c3ccc(OCCOCCOCCOC)c(OCCOCCOCCOC)c3)c3cc(C)ccc3-c3ccc(C(C)(C)CC)cc32)cc1OOCCOCCOCCC. The van der Waals surface area contributed by atoms with Gasteiger partial charge in [-0.25, -0.2) is 0 Å². The molecule has 0 amide bonds. The van der Waals surface area contributed by atoms with E-state index in [9.17, 15) is 0 Å². The van der Waals surface area contributed by atoms with Gasteiger partial charge in [0.25, 0.3) is 0 Å². The van der Waals surface area contributed by atoms with Crippen molar-refractivity contribution in [1.82, 2.24) is 0 Å². The molecule has 16 heteroatoms. The van der Waals surface area contributed by atoms with Gasteiger partial charge < -0.3 is 66.6 Å². The second-order valence-corrected chi connectivity index (χ2v) is 18.5. The average molecular weight is 1050 g/mol. The van der Waals surface area contributed by atoms with Crippen molar-refractivity contribution in [2.75, 3.05) is 160 Å². The lowest BCUT2D eigenvalue weighted by Gasteiger charge is -2.36. The van der Waals surface area contributed by atoms with E-state index < -0.39 is 5.41 Å². The lowest BCUT2D eigenvalue weighted by molar-refractivity contribution is -0.236. The monoisotopic (exact) mass is 1050 g/mol. The van der Waals surface area contributed by atoms with Crippen LogP contribution in [0.25, 0.3) is 11.1 Å². The summed E-state index contributed by atoms with van der Waals surface area (Å²) in [5.74, 6) is 1.74. The summed E-state index contributed by atoms with van der Waals surface area (Å²) in [5.41, 5.74) is 7.54. The number of ether oxygens (including phenoxy) is 12. The normalized spacial score (nSPS) is 14.0. The first-order valence-corrected chi connectivity index (χ1v) is 26.7. The Balaban J connectivity index is 1.57. The minimum atomic E-state index is -0.929. The Hall–Kier alpha value is -4.40. The lowest BCUT2D eigenvalue weighted by Crippen LogP contribution is -2.30. The fourth-order valence-corrected chi connectivity index (χ4v) is 8.38. The molecule has 1 unspecified atom stereocenters. The first-order chi connectivity index (χ1) is 36.7. The van der Waals surface area contributed by atoms with Crippen LogP contribution in [0.5, 0.6) is 23.0 Å². The lowest BCUT2D eigenvalue weighted by atomic mass is 9.66. The third-order valence-electron chi connectivity index (χ3n) is 12.7. The highest BCUT2D eigenvalue weighted by molar-refractivity contribution is 5.87. The summed E-state index contributed by atoms with van der Waals surface area (Å²) in [6.07, 6.45) is 2.84. The number of rotatable bonds is 44. The van der Waals surface area contributed by atoms with E-state index in [1.54, 1.807) is 14.2 Å². The molecule has 0 saturated carbocycles. The number of hydrogen-bond acceptors (Lipinski definition) is 16. The van der Waals surface area contributed by atoms with Crippen molar-refractivity contribution in [3.8, 4) is 34.1 Å². The third-order valence-corrected chi connectivity index (χ3v) is 12.7. The highest BCUT2D eigenvalue weighted by Crippen LogP contribution is 2.58. The Morgan fingerprint density at radius 1 is 0.387 bits per heavy atom. The molecule has 0 N–H and O–H groups in total. The fourth-order valence-electron chi connectivity index (χ4n) is 8.38. The largest absolute Gasteiger partial charge is 0.487 e. The third kappa shape index (κ3) is 19.2. The Kier molecular flexibility index (Phi) is 28.8. The highest BCUT2D eigenvalue weighted by atomic mass is 17.2. The van der Waals surface area contributed by atoms with Gasteiger partial charge in [0.15, 0.2) is 11.5 Å². The molecule has 1 aliphatic carbocycles. The van der Waals surface area contributed by atoms with Crippen LogP contribution in [-0.2, 0) is 68.0 Å². The molecule has 0 radical (unpaired) electrons. The maximum Gasteiger partial charge on any atom is 0.211 e. The molecule has 4 aromatic carbocycles. The molecule has 0 spiro atoms. The molecule has 4 aromatic rings. The molecule has 0 fully saturated rings. The summed E-state index contributed by atoms with van der Waals surface area (Å²) in [7, 11) is 3.30. The van der Waals surface area contributed by atoms with Crippen LogP contribution in [0.15, 0.2) is 72.8 Å². The van der Waals surface area contributed by atoms with Gasteiger partial charge in [0, 0.05) is 27.4 Å². The van der Waals surface area contributed by atoms with Gasteiger partial charge >= 0.3 is 0 Å². The molecule has 1 aliphatic rings. The van der Waals surface area contributed by atoms with Crippen LogP contribution < -0.4 is 19.2 Å². The molecule has 16 nitrogen and oxygen atoms in total. The number of hydrogen-bond donors (Lipinski definition) is 0. The van der Waals surface area contributed by atoms with Gasteiger partial charge in [0.05, 0.1) is 111 Å². The minimum absolute atomic E-state index is 0.127. The Labute approximate surface area is 446 Å². The first-order valence-electron chi connectivity index (χ1n) is 26.7. The van der Waals surface area contributed by atoms with Crippen molar-refractivity contribution >= 4 is 0 Å². The van der Waals surface area contributed by atoms with Crippen LogP contribution >= 0.6 is 0 Å². The number of aryl methyl sites for hydroxylation is 1. The van der Waals surface area contributed by atoms with Crippen molar-refractivity contribution in [1.29, 1.82) is 0 Å². The number of fused-ring (bicyclic) bond motifs is 3. The van der Waals surface area contributed by atoms with Crippen molar-refractivity contribution in [3.05, 3.63) is 106 Å². The summed E-state index contributed by atoms with van der Waals surface area (Å²) in [4.78, 5) is 23.7. The van der Waals surface area contributed by atoms with Gasteiger partial charge in [-0.1, -0.05) is 88.7 Å². The standard InChI is InChI=1S/C59H86O16/c1-9-20-62-26-28-68-36-40-72-74-55-19-15-49(45-57(55)75-73-41-37-69-29-27-63-21-10-2)59(52-42-46(4)12-16-50(52)51-17-13-47(43-53(51)59)58(5,6)11-3)48-14-18-54(70-38-34-66-32-30-64-24-22-60-7)56(44-48)71-39-35-67-33-31-65-25-23-61-8/h12-19,42-45H,9-11,20-41H2,1-8H3. The first kappa shape index (κ1) is 61.5. The van der Waals surface area contributed by atoms with E-state index in [4.69, 9.17) is 76.4 Å². The van der Waals surface area contributed by atoms with Crippen LogP contribution in [0, 0.1) is 6.92 Å². The maximum absolute atomic E-state index is 6.64. The molecule has 0 bridgehead atoms. The van der Waals surface area contributed by atoms with Gasteiger partial charge in [-0.3, -0.25) is 0 Å². The average Bonchev–Trinajstić information content (AvgIpc) is 3.73. The quantitative estimate of drug-likeness (QED) is 0.0207. The zero-order chi connectivity index (χ0) is 53.4. The van der Waals surface area contributed by atoms with E-state index in [2.05, 4.69) is 96.1 Å². The van der Waals surface area contributed by atoms with Crippen molar-refractivity contribution in [3.63, 3.8) is 0 Å². The molecule has 75 heavy (non-hydrogen) atoms. The molecule has 0 aromatic heterocycles. The van der Waals surface area contributed by atoms with Gasteiger partial charge in [0.1, 0.15) is 26.4 Å². The summed E-state index contributed by atoms with van der Waals surface area (Å²) in [5, 5.41) is 0. The van der Waals surface area contributed by atoms with Crippen molar-refractivity contribution < 1.29 is 76.4 Å².